The average molecular weight is 379 g/mol. The molecule has 1 saturated heterocycles. The van der Waals surface area contributed by atoms with Crippen LogP contribution in [0, 0.1) is 0 Å². The molecule has 0 bridgehead atoms. The second-order valence-electron chi connectivity index (χ2n) is 4.30. The zero-order valence-corrected chi connectivity index (χ0v) is 12.3. The van der Waals surface area contributed by atoms with Crippen LogP contribution in [0.1, 0.15) is 19.3 Å². The molecule has 1 aliphatic rings. The van der Waals surface area contributed by atoms with Crippen LogP contribution in [0.25, 0.3) is 0 Å². The Morgan fingerprint density at radius 3 is 1.95 bits per heavy atom. The van der Waals surface area contributed by atoms with E-state index in [4.69, 9.17) is 5.26 Å². The fraction of sp³-hybridized carbons (Fsp3) is 1.00. The molecule has 0 aromatic rings. The number of nitrogens with zero attached hydrogens (tertiary/aromatic N) is 1. The van der Waals surface area contributed by atoms with Gasteiger partial charge in [0.15, 0.2) is 0 Å². The highest BCUT2D eigenvalue weighted by molar-refractivity contribution is 7.95. The predicted molar refractivity (Wildman–Crippen MR) is 61.6 cm³/mol. The first-order chi connectivity index (χ1) is 9.92. The van der Waals surface area contributed by atoms with Gasteiger partial charge >= 0.3 is 16.4 Å². The molecule has 0 aromatic carbocycles. The SMILES string of the molecule is O=S(=O)(N1CCCCC1)C(F)(F)C(F)(F)C(F)(F)SOOO. The van der Waals surface area contributed by atoms with Gasteiger partial charge in [-0.05, 0) is 12.8 Å². The highest BCUT2D eigenvalue weighted by atomic mass is 32.2. The van der Waals surface area contributed by atoms with E-state index in [9.17, 15) is 34.8 Å². The summed E-state index contributed by atoms with van der Waals surface area (Å²) in [5, 5.41) is -1.52. The van der Waals surface area contributed by atoms with Crippen LogP contribution in [-0.4, -0.2) is 47.5 Å². The molecule has 0 aromatic heterocycles. The van der Waals surface area contributed by atoms with Crippen molar-refractivity contribution >= 4 is 22.1 Å². The summed E-state index contributed by atoms with van der Waals surface area (Å²) in [6, 6.07) is 0. The van der Waals surface area contributed by atoms with E-state index in [1.807, 2.05) is 0 Å². The number of piperidine rings is 1. The summed E-state index contributed by atoms with van der Waals surface area (Å²) in [5.74, 6) is -6.32. The van der Waals surface area contributed by atoms with Crippen molar-refractivity contribution < 1.29 is 49.4 Å². The maximum atomic E-state index is 13.7. The fourth-order valence-corrected chi connectivity index (χ4v) is 3.64. The molecule has 1 aliphatic heterocycles. The van der Waals surface area contributed by atoms with Crippen LogP contribution in [-0.2, 0) is 19.4 Å². The Bertz CT molecular complexity index is 481. The molecule has 0 unspecified atom stereocenters. The van der Waals surface area contributed by atoms with Gasteiger partial charge in [-0.1, -0.05) is 11.5 Å². The van der Waals surface area contributed by atoms with Crippen molar-refractivity contribution in [3.8, 4) is 0 Å². The first-order valence-corrected chi connectivity index (χ1v) is 7.89. The number of sulfonamides is 1. The van der Waals surface area contributed by atoms with Crippen molar-refractivity contribution in [3.05, 3.63) is 0 Å². The average Bonchev–Trinajstić information content (AvgIpc) is 2.45. The minimum Gasteiger partial charge on any atom is -0.220 e. The van der Waals surface area contributed by atoms with E-state index in [-0.39, 0.29) is 17.1 Å². The maximum Gasteiger partial charge on any atom is 0.428 e. The third-order valence-corrected chi connectivity index (χ3v) is 5.42. The van der Waals surface area contributed by atoms with Gasteiger partial charge in [0.1, 0.15) is 12.0 Å². The van der Waals surface area contributed by atoms with Crippen molar-refractivity contribution in [1.82, 2.24) is 4.31 Å². The van der Waals surface area contributed by atoms with Gasteiger partial charge < -0.3 is 0 Å². The Morgan fingerprint density at radius 1 is 1.00 bits per heavy atom. The molecule has 0 saturated carbocycles. The molecule has 0 spiro atoms. The topological polar surface area (TPSA) is 76.1 Å². The van der Waals surface area contributed by atoms with Crippen molar-refractivity contribution in [2.24, 2.45) is 0 Å². The lowest BCUT2D eigenvalue weighted by Gasteiger charge is -2.35. The van der Waals surface area contributed by atoms with Gasteiger partial charge in [0.05, 0.1) is 0 Å². The Morgan fingerprint density at radius 2 is 1.50 bits per heavy atom. The van der Waals surface area contributed by atoms with Crippen LogP contribution in [0.4, 0.5) is 26.3 Å². The van der Waals surface area contributed by atoms with E-state index >= 15 is 0 Å². The minimum absolute atomic E-state index is 0.0502. The van der Waals surface area contributed by atoms with E-state index in [0.717, 1.165) is 0 Å². The fourth-order valence-electron chi connectivity index (χ4n) is 1.71. The van der Waals surface area contributed by atoms with Crippen LogP contribution < -0.4 is 0 Å². The molecule has 1 N–H and O–H groups in total. The lowest BCUT2D eigenvalue weighted by atomic mass is 10.2. The first kappa shape index (κ1) is 19.8. The second-order valence-corrected chi connectivity index (χ2v) is 7.09. The Kier molecular flexibility index (Phi) is 6.01. The Hall–Kier alpha value is -0.280. The molecule has 132 valence electrons. The molecular formula is C8H11F6NO5S2. The molecule has 0 aliphatic carbocycles. The maximum absolute atomic E-state index is 13.7. The Balaban J connectivity index is 3.13. The standard InChI is InChI=1S/C8H11F6NO5S2/c9-6(10,7(11,12)21-20-19-16)8(13,14)22(17,18)15-4-2-1-3-5-15/h16H,1-5H2. The predicted octanol–water partition coefficient (Wildman–Crippen LogP) is 2.69. The highest BCUT2D eigenvalue weighted by Crippen LogP contribution is 2.54. The summed E-state index contributed by atoms with van der Waals surface area (Å²) in [6.07, 6.45) is 0.794. The van der Waals surface area contributed by atoms with Crippen LogP contribution in [0.15, 0.2) is 0 Å². The van der Waals surface area contributed by atoms with E-state index in [0.29, 0.717) is 6.42 Å². The van der Waals surface area contributed by atoms with Gasteiger partial charge in [-0.25, -0.2) is 13.7 Å². The number of halogens is 6. The smallest absolute Gasteiger partial charge is 0.220 e. The summed E-state index contributed by atoms with van der Waals surface area (Å²) in [4.78, 5) is 0. The van der Waals surface area contributed by atoms with E-state index in [1.54, 1.807) is 0 Å². The lowest BCUT2D eigenvalue weighted by molar-refractivity contribution is -0.434. The Labute approximate surface area is 125 Å². The number of hydrogen-bond donors (Lipinski definition) is 1. The molecule has 0 atom stereocenters. The molecular weight excluding hydrogens is 368 g/mol. The summed E-state index contributed by atoms with van der Waals surface area (Å²) in [6.45, 7) is -0.939. The molecule has 22 heavy (non-hydrogen) atoms. The number of hydrogen-bond acceptors (Lipinski definition) is 6. The lowest BCUT2D eigenvalue weighted by Crippen LogP contribution is -2.60. The summed E-state index contributed by atoms with van der Waals surface area (Å²) in [7, 11) is -6.03. The van der Waals surface area contributed by atoms with Crippen LogP contribution in [0.3, 0.4) is 0 Å². The molecule has 6 nitrogen and oxygen atoms in total. The van der Waals surface area contributed by atoms with Gasteiger partial charge in [-0.3, -0.25) is 0 Å². The summed E-state index contributed by atoms with van der Waals surface area (Å²) < 4.78 is 107. The van der Waals surface area contributed by atoms with E-state index in [1.165, 1.54) is 0 Å². The van der Waals surface area contributed by atoms with Gasteiger partial charge in [0, 0.05) is 13.1 Å². The van der Waals surface area contributed by atoms with Gasteiger partial charge in [-0.15, -0.1) is 4.33 Å². The molecule has 1 heterocycles. The molecule has 0 amide bonds. The van der Waals surface area contributed by atoms with Crippen LogP contribution in [0.5, 0.6) is 0 Å². The molecule has 1 fully saturated rings. The van der Waals surface area contributed by atoms with Crippen LogP contribution in [0.2, 0.25) is 0 Å². The van der Waals surface area contributed by atoms with Crippen molar-refractivity contribution in [2.45, 2.75) is 35.7 Å². The van der Waals surface area contributed by atoms with Gasteiger partial charge in [0.25, 0.3) is 10.0 Å². The van der Waals surface area contributed by atoms with Crippen molar-refractivity contribution in [2.75, 3.05) is 13.1 Å². The molecule has 0 radical (unpaired) electrons. The van der Waals surface area contributed by atoms with Crippen LogP contribution >= 0.6 is 12.0 Å². The molecule has 1 rings (SSSR count). The van der Waals surface area contributed by atoms with Crippen molar-refractivity contribution in [3.63, 3.8) is 0 Å². The first-order valence-electron chi connectivity index (χ1n) is 5.71. The quantitative estimate of drug-likeness (QED) is 0.317. The third-order valence-electron chi connectivity index (χ3n) is 2.88. The van der Waals surface area contributed by atoms with Gasteiger partial charge in [-0.2, -0.15) is 30.6 Å². The zero-order chi connectivity index (χ0) is 17.2. The van der Waals surface area contributed by atoms with E-state index in [2.05, 4.69) is 9.37 Å². The highest BCUT2D eigenvalue weighted by Gasteiger charge is 2.79. The molecule has 14 heteroatoms. The monoisotopic (exact) mass is 379 g/mol. The third kappa shape index (κ3) is 3.31. The van der Waals surface area contributed by atoms with Gasteiger partial charge in [0.2, 0.25) is 0 Å². The largest absolute Gasteiger partial charge is 0.428 e. The number of alkyl halides is 6. The zero-order valence-electron chi connectivity index (χ0n) is 10.6. The summed E-state index contributed by atoms with van der Waals surface area (Å²) >= 11 is -1.64. The second kappa shape index (κ2) is 6.68. The van der Waals surface area contributed by atoms with E-state index < -0.39 is 51.6 Å². The normalized spacial score (nSPS) is 19.4. The number of rotatable bonds is 7. The minimum atomic E-state index is -6.32. The summed E-state index contributed by atoms with van der Waals surface area (Å²) in [5.41, 5.74) is 0. The van der Waals surface area contributed by atoms with Crippen molar-refractivity contribution in [1.29, 1.82) is 0 Å².